The van der Waals surface area contributed by atoms with Crippen molar-refractivity contribution >= 4 is 11.8 Å². The van der Waals surface area contributed by atoms with Crippen molar-refractivity contribution < 1.29 is 9.90 Å². The number of piperidine rings is 1. The van der Waals surface area contributed by atoms with Crippen LogP contribution in [0.3, 0.4) is 0 Å². The number of carboxylic acids is 1. The lowest BCUT2D eigenvalue weighted by atomic mass is 9.90. The number of aromatic carboxylic acids is 1. The highest BCUT2D eigenvalue weighted by Crippen LogP contribution is 2.34. The van der Waals surface area contributed by atoms with Gasteiger partial charge in [-0.25, -0.2) is 9.59 Å². The average molecular weight is 460 g/mol. The first kappa shape index (κ1) is 23.0. The molecule has 9 nitrogen and oxygen atoms in total. The first-order valence-electron chi connectivity index (χ1n) is 11.0. The molecule has 0 amide bonds. The third kappa shape index (κ3) is 4.23. The Morgan fingerprint density at radius 1 is 1.18 bits per heavy atom. The lowest BCUT2D eigenvalue weighted by molar-refractivity contribution is 0.0697. The molecule has 0 radical (unpaired) electrons. The van der Waals surface area contributed by atoms with E-state index < -0.39 is 17.2 Å². The molecule has 1 saturated heterocycles. The Bertz CT molecular complexity index is 1380. The van der Waals surface area contributed by atoms with Crippen LogP contribution in [0.15, 0.2) is 64.2 Å². The molecule has 9 heteroatoms. The van der Waals surface area contributed by atoms with Gasteiger partial charge in [0.2, 0.25) is 0 Å². The summed E-state index contributed by atoms with van der Waals surface area (Å²) in [5, 5.41) is 18.7. The van der Waals surface area contributed by atoms with Crippen LogP contribution in [0.1, 0.15) is 45.9 Å². The first-order valence-corrected chi connectivity index (χ1v) is 11.0. The fraction of sp³-hybridized carbons (Fsp3) is 0.280. The van der Waals surface area contributed by atoms with Crippen LogP contribution in [0, 0.1) is 11.3 Å². The Kier molecular flexibility index (Phi) is 6.34. The summed E-state index contributed by atoms with van der Waals surface area (Å²) < 4.78 is 2.53. The van der Waals surface area contributed by atoms with Gasteiger partial charge in [0.05, 0.1) is 29.8 Å². The van der Waals surface area contributed by atoms with Gasteiger partial charge in [0.1, 0.15) is 5.82 Å². The Morgan fingerprint density at radius 3 is 2.56 bits per heavy atom. The standard InChI is InChI=1S/C25H25N5O4/c1-28-22(31)13-21(30(25(28)34)15-19-6-3-2-5-18(19)14-26)29-12-4-7-20(27)23(29)16-8-10-17(11-9-16)24(32)33/h2-3,5-6,8-11,13,20,23H,4,7,12,15,27H2,1H3,(H,32,33)/t20-,23?/m0/s1. The topological polar surface area (TPSA) is 134 Å². The number of carboxylic acid groups (broad SMARTS) is 1. The zero-order chi connectivity index (χ0) is 24.4. The highest BCUT2D eigenvalue weighted by atomic mass is 16.4. The van der Waals surface area contributed by atoms with Crippen LogP contribution in [-0.4, -0.2) is 32.8 Å². The van der Waals surface area contributed by atoms with E-state index in [1.807, 2.05) is 4.90 Å². The van der Waals surface area contributed by atoms with E-state index in [-0.39, 0.29) is 24.2 Å². The molecule has 2 aromatic carbocycles. The molecule has 0 saturated carbocycles. The maximum Gasteiger partial charge on any atom is 0.335 e. The van der Waals surface area contributed by atoms with Crippen LogP contribution in [0.5, 0.6) is 0 Å². The predicted octanol–water partition coefficient (Wildman–Crippen LogP) is 1.83. The van der Waals surface area contributed by atoms with Gasteiger partial charge in [0.25, 0.3) is 5.56 Å². The Morgan fingerprint density at radius 2 is 1.88 bits per heavy atom. The molecule has 0 spiro atoms. The zero-order valence-corrected chi connectivity index (χ0v) is 18.7. The van der Waals surface area contributed by atoms with Gasteiger partial charge < -0.3 is 15.7 Å². The summed E-state index contributed by atoms with van der Waals surface area (Å²) in [6.07, 6.45) is 1.51. The molecule has 3 aromatic rings. The van der Waals surface area contributed by atoms with Crippen LogP contribution < -0.4 is 21.9 Å². The molecule has 0 bridgehead atoms. The number of hydrogen-bond donors (Lipinski definition) is 2. The van der Waals surface area contributed by atoms with E-state index >= 15 is 0 Å². The van der Waals surface area contributed by atoms with Crippen molar-refractivity contribution in [2.45, 2.75) is 31.5 Å². The van der Waals surface area contributed by atoms with Crippen molar-refractivity contribution in [3.05, 3.63) is 97.7 Å². The van der Waals surface area contributed by atoms with Gasteiger partial charge in [0.15, 0.2) is 0 Å². The smallest absolute Gasteiger partial charge is 0.335 e. The molecule has 1 aliphatic heterocycles. The van der Waals surface area contributed by atoms with Gasteiger partial charge in [-0.1, -0.05) is 30.3 Å². The van der Waals surface area contributed by atoms with Crippen molar-refractivity contribution in [2.24, 2.45) is 12.8 Å². The van der Waals surface area contributed by atoms with E-state index in [2.05, 4.69) is 6.07 Å². The number of benzene rings is 2. The Hall–Kier alpha value is -4.16. The molecule has 1 fully saturated rings. The summed E-state index contributed by atoms with van der Waals surface area (Å²) in [6.45, 7) is 0.675. The number of nitriles is 1. The van der Waals surface area contributed by atoms with Crippen molar-refractivity contribution in [1.29, 1.82) is 5.26 Å². The number of nitrogens with two attached hydrogens (primary N) is 1. The second kappa shape index (κ2) is 9.37. The molecule has 2 atom stereocenters. The van der Waals surface area contributed by atoms with Gasteiger partial charge in [-0.3, -0.25) is 13.9 Å². The maximum absolute atomic E-state index is 13.2. The lowest BCUT2D eigenvalue weighted by Gasteiger charge is -2.42. The number of hydrogen-bond acceptors (Lipinski definition) is 6. The van der Waals surface area contributed by atoms with Crippen molar-refractivity contribution in [3.8, 4) is 6.07 Å². The zero-order valence-electron chi connectivity index (χ0n) is 18.7. The third-order valence-electron chi connectivity index (χ3n) is 6.32. The van der Waals surface area contributed by atoms with Crippen molar-refractivity contribution in [3.63, 3.8) is 0 Å². The third-order valence-corrected chi connectivity index (χ3v) is 6.32. The number of aromatic nitrogens is 2. The SMILES string of the molecule is Cn1c(=O)cc(N2CCC[C@H](N)C2c2ccc(C(=O)O)cc2)n(Cc2ccccc2C#N)c1=O. The molecular formula is C25H25N5O4. The van der Waals surface area contributed by atoms with E-state index in [1.54, 1.807) is 36.4 Å². The average Bonchev–Trinajstić information content (AvgIpc) is 2.84. The minimum absolute atomic E-state index is 0.114. The molecule has 1 aliphatic rings. The van der Waals surface area contributed by atoms with Crippen LogP contribution in [0.25, 0.3) is 0 Å². The van der Waals surface area contributed by atoms with Gasteiger partial charge in [0, 0.05) is 25.7 Å². The largest absolute Gasteiger partial charge is 0.478 e. The summed E-state index contributed by atoms with van der Waals surface area (Å²) in [5.74, 6) is -0.601. The van der Waals surface area contributed by atoms with Gasteiger partial charge in [-0.2, -0.15) is 5.26 Å². The van der Waals surface area contributed by atoms with E-state index in [0.717, 1.165) is 23.0 Å². The van der Waals surface area contributed by atoms with E-state index in [0.29, 0.717) is 23.5 Å². The van der Waals surface area contributed by atoms with Gasteiger partial charge in [-0.15, -0.1) is 0 Å². The van der Waals surface area contributed by atoms with E-state index in [1.165, 1.54) is 29.8 Å². The molecule has 0 aliphatic carbocycles. The second-order valence-electron chi connectivity index (χ2n) is 8.41. The van der Waals surface area contributed by atoms with Crippen molar-refractivity contribution in [1.82, 2.24) is 9.13 Å². The van der Waals surface area contributed by atoms with Crippen LogP contribution in [0.2, 0.25) is 0 Å². The number of rotatable bonds is 5. The molecule has 1 unspecified atom stereocenters. The minimum atomic E-state index is -1.02. The lowest BCUT2D eigenvalue weighted by Crippen LogP contribution is -2.49. The Labute approximate surface area is 195 Å². The molecule has 34 heavy (non-hydrogen) atoms. The fourth-order valence-corrected chi connectivity index (χ4v) is 4.52. The number of carbonyl (C=O) groups is 1. The maximum atomic E-state index is 13.2. The summed E-state index contributed by atoms with van der Waals surface area (Å²) in [6, 6.07) is 16.4. The molecular weight excluding hydrogens is 434 g/mol. The molecule has 2 heterocycles. The fourth-order valence-electron chi connectivity index (χ4n) is 4.52. The monoisotopic (exact) mass is 459 g/mol. The van der Waals surface area contributed by atoms with Gasteiger partial charge >= 0.3 is 11.7 Å². The first-order chi connectivity index (χ1) is 16.3. The highest BCUT2D eigenvalue weighted by molar-refractivity contribution is 5.87. The quantitative estimate of drug-likeness (QED) is 0.594. The minimum Gasteiger partial charge on any atom is -0.478 e. The summed E-state index contributed by atoms with van der Waals surface area (Å²) >= 11 is 0. The van der Waals surface area contributed by atoms with Gasteiger partial charge in [-0.05, 0) is 42.2 Å². The predicted molar refractivity (Wildman–Crippen MR) is 127 cm³/mol. The van der Waals surface area contributed by atoms with Crippen LogP contribution >= 0.6 is 0 Å². The Balaban J connectivity index is 1.86. The van der Waals surface area contributed by atoms with E-state index in [4.69, 9.17) is 5.73 Å². The normalized spacial score (nSPS) is 17.9. The summed E-state index contributed by atoms with van der Waals surface area (Å²) in [5.41, 5.74) is 7.66. The highest BCUT2D eigenvalue weighted by Gasteiger charge is 2.33. The van der Waals surface area contributed by atoms with E-state index in [9.17, 15) is 24.8 Å². The molecule has 1 aromatic heterocycles. The molecule has 174 valence electrons. The number of anilines is 1. The molecule has 3 N–H and O–H groups in total. The number of nitrogens with zero attached hydrogens (tertiary/aromatic N) is 4. The van der Waals surface area contributed by atoms with Crippen LogP contribution in [0.4, 0.5) is 5.82 Å². The molecule has 4 rings (SSSR count). The van der Waals surface area contributed by atoms with Crippen LogP contribution in [-0.2, 0) is 13.6 Å². The second-order valence-corrected chi connectivity index (χ2v) is 8.41. The summed E-state index contributed by atoms with van der Waals surface area (Å²) in [4.78, 5) is 39.1. The van der Waals surface area contributed by atoms with Crippen molar-refractivity contribution in [2.75, 3.05) is 11.4 Å². The summed E-state index contributed by atoms with van der Waals surface area (Å²) in [7, 11) is 1.42.